The molecule has 3 aromatic rings. The maximum Gasteiger partial charge on any atom is 0.392 e. The van der Waals surface area contributed by atoms with Crippen molar-refractivity contribution in [3.8, 4) is 17.6 Å². The highest BCUT2D eigenvalue weighted by Gasteiger charge is 2.28. The average molecular weight is 553 g/mol. The van der Waals surface area contributed by atoms with E-state index in [1.54, 1.807) is 35.1 Å². The quantitative estimate of drug-likeness (QED) is 0.433. The minimum Gasteiger partial charge on any atom is -0.492 e. The van der Waals surface area contributed by atoms with Crippen LogP contribution < -0.4 is 14.6 Å². The first-order valence-corrected chi connectivity index (χ1v) is 13.4. The molecule has 0 aliphatic carbocycles. The van der Waals surface area contributed by atoms with Gasteiger partial charge in [-0.3, -0.25) is 4.79 Å². The van der Waals surface area contributed by atoms with Crippen molar-refractivity contribution in [1.82, 2.24) is 4.72 Å². The van der Waals surface area contributed by atoms with Crippen molar-refractivity contribution in [1.29, 1.82) is 0 Å². The van der Waals surface area contributed by atoms with Crippen LogP contribution in [0, 0.1) is 11.8 Å². The van der Waals surface area contributed by atoms with Gasteiger partial charge in [-0.15, -0.1) is 0 Å². The van der Waals surface area contributed by atoms with Crippen molar-refractivity contribution in [2.75, 3.05) is 6.61 Å². The van der Waals surface area contributed by atoms with E-state index in [2.05, 4.69) is 11.8 Å². The van der Waals surface area contributed by atoms with E-state index in [0.29, 0.717) is 5.56 Å². The predicted octanol–water partition coefficient (Wildman–Crippen LogP) is 3.18. The molecule has 0 atom stereocenters. The molecule has 194 valence electrons. The normalized spacial score (nSPS) is 11.8. The number of sulfonamides is 2. The summed E-state index contributed by atoms with van der Waals surface area (Å²) in [5.41, 5.74) is 0.485. The average Bonchev–Trinajstić information content (AvgIpc) is 2.82. The van der Waals surface area contributed by atoms with E-state index in [4.69, 9.17) is 9.88 Å². The molecule has 0 bridgehead atoms. The lowest BCUT2D eigenvalue weighted by Gasteiger charge is -2.13. The Balaban J connectivity index is 1.93. The highest BCUT2D eigenvalue weighted by atomic mass is 32.2. The van der Waals surface area contributed by atoms with E-state index in [0.717, 1.165) is 18.2 Å². The monoisotopic (exact) mass is 552 g/mol. The third-order valence-corrected chi connectivity index (χ3v) is 7.16. The summed E-state index contributed by atoms with van der Waals surface area (Å²) >= 11 is 0. The molecule has 0 radical (unpaired) electrons. The fourth-order valence-corrected chi connectivity index (χ4v) is 5.32. The number of amides is 1. The molecule has 3 rings (SSSR count). The molecule has 0 heterocycles. The number of nitrogens with one attached hydrogen (secondary N) is 1. The van der Waals surface area contributed by atoms with Gasteiger partial charge in [-0.25, -0.2) is 26.7 Å². The summed E-state index contributed by atoms with van der Waals surface area (Å²) in [6, 6.07) is 16.6. The summed E-state index contributed by atoms with van der Waals surface area (Å²) in [4.78, 5) is 11.3. The molecule has 37 heavy (non-hydrogen) atoms. The van der Waals surface area contributed by atoms with Gasteiger partial charge >= 0.3 is 6.18 Å². The number of benzene rings is 3. The number of primary sulfonamides is 1. The fraction of sp³-hybridized carbons (Fsp3) is 0.125. The van der Waals surface area contributed by atoms with Crippen LogP contribution in [0.3, 0.4) is 0 Å². The molecule has 0 aromatic heterocycles. The Labute approximate surface area is 211 Å². The molecule has 3 N–H and O–H groups in total. The zero-order chi connectivity index (χ0) is 27.3. The summed E-state index contributed by atoms with van der Waals surface area (Å²) in [6.07, 6.45) is -5.76. The molecule has 0 unspecified atom stereocenters. The lowest BCUT2D eigenvalue weighted by atomic mass is 10.1. The van der Waals surface area contributed by atoms with Crippen LogP contribution in [0.5, 0.6) is 5.75 Å². The molecule has 0 aliphatic rings. The fourth-order valence-electron chi connectivity index (χ4n) is 2.97. The number of hydrogen-bond acceptors (Lipinski definition) is 6. The number of alkyl halides is 3. The highest BCUT2D eigenvalue weighted by molar-refractivity contribution is 7.92. The molecule has 13 heteroatoms. The van der Waals surface area contributed by atoms with Crippen LogP contribution in [0.25, 0.3) is 0 Å². The molecule has 3 aromatic carbocycles. The van der Waals surface area contributed by atoms with Gasteiger partial charge in [-0.1, -0.05) is 42.2 Å². The summed E-state index contributed by atoms with van der Waals surface area (Å²) in [5.74, 6) is 4.21. The Morgan fingerprint density at radius 2 is 1.51 bits per heavy atom. The number of carbonyl (C=O) groups excluding carboxylic acids is 1. The van der Waals surface area contributed by atoms with E-state index >= 15 is 0 Å². The summed E-state index contributed by atoms with van der Waals surface area (Å²) in [6.45, 7) is -0.769. The molecule has 8 nitrogen and oxygen atoms in total. The van der Waals surface area contributed by atoms with E-state index in [1.165, 1.54) is 24.3 Å². The first kappa shape index (κ1) is 27.7. The van der Waals surface area contributed by atoms with Crippen molar-refractivity contribution in [3.05, 3.63) is 89.5 Å². The maximum atomic E-state index is 12.7. The topological polar surface area (TPSA) is 133 Å². The summed E-state index contributed by atoms with van der Waals surface area (Å²) < 4.78 is 93.8. The number of carbonyl (C=O) groups is 1. The van der Waals surface area contributed by atoms with E-state index in [-0.39, 0.29) is 16.9 Å². The van der Waals surface area contributed by atoms with Crippen LogP contribution in [-0.2, 0) is 20.0 Å². The second-order valence-corrected chi connectivity index (χ2v) is 10.6. The molecule has 1 amide bonds. The minimum atomic E-state index is -4.70. The molecule has 0 fully saturated rings. The largest absolute Gasteiger partial charge is 0.492 e. The van der Waals surface area contributed by atoms with Gasteiger partial charge in [0.2, 0.25) is 10.0 Å². The van der Waals surface area contributed by atoms with E-state index in [9.17, 15) is 34.8 Å². The van der Waals surface area contributed by atoms with Gasteiger partial charge in [0.05, 0.1) is 18.6 Å². The minimum absolute atomic E-state index is 0.157. The lowest BCUT2D eigenvalue weighted by molar-refractivity contribution is -0.139. The Morgan fingerprint density at radius 1 is 0.892 bits per heavy atom. The summed E-state index contributed by atoms with van der Waals surface area (Å²) in [7, 11) is -9.14. The van der Waals surface area contributed by atoms with Gasteiger partial charge in [0, 0.05) is 11.1 Å². The van der Waals surface area contributed by atoms with Gasteiger partial charge in [0.1, 0.15) is 15.5 Å². The van der Waals surface area contributed by atoms with Gasteiger partial charge < -0.3 is 4.74 Å². The van der Waals surface area contributed by atoms with Crippen molar-refractivity contribution in [3.63, 3.8) is 0 Å². The first-order chi connectivity index (χ1) is 17.3. The molecule has 0 saturated heterocycles. The van der Waals surface area contributed by atoms with Gasteiger partial charge in [0.25, 0.3) is 15.9 Å². The molecular formula is C24H19F3N2O6S2. The van der Waals surface area contributed by atoms with Gasteiger partial charge in [-0.05, 0) is 42.5 Å². The van der Waals surface area contributed by atoms with Crippen LogP contribution in [0.1, 0.15) is 27.9 Å². The zero-order valence-electron chi connectivity index (χ0n) is 18.8. The van der Waals surface area contributed by atoms with Crippen LogP contribution in [-0.4, -0.2) is 35.5 Å². The number of ether oxygens (including phenoxy) is 1. The third-order valence-electron chi connectivity index (χ3n) is 4.67. The Bertz CT molecular complexity index is 1580. The predicted molar refractivity (Wildman–Crippen MR) is 127 cm³/mol. The maximum absolute atomic E-state index is 12.7. The van der Waals surface area contributed by atoms with Crippen LogP contribution in [0.4, 0.5) is 13.2 Å². The van der Waals surface area contributed by atoms with Crippen molar-refractivity contribution < 1.29 is 39.5 Å². The molecule has 0 spiro atoms. The Hall–Kier alpha value is -3.86. The molecular weight excluding hydrogens is 533 g/mol. The zero-order valence-corrected chi connectivity index (χ0v) is 20.5. The number of rotatable bonds is 7. The Kier molecular flexibility index (Phi) is 8.27. The van der Waals surface area contributed by atoms with Crippen LogP contribution in [0.2, 0.25) is 0 Å². The second-order valence-electron chi connectivity index (χ2n) is 7.47. The summed E-state index contributed by atoms with van der Waals surface area (Å²) in [5, 5.41) is 5.07. The van der Waals surface area contributed by atoms with E-state index in [1.807, 2.05) is 0 Å². The van der Waals surface area contributed by atoms with Crippen LogP contribution >= 0.6 is 0 Å². The standard InChI is InChI=1S/C24H19F3N2O6S2/c25-24(26,27)14-15-35-20-16-19(13-12-18(20)11-10-17-6-2-1-3-7-17)23(30)29-37(33,34)22-9-5-4-8-21(22)36(28,31)32/h1-9,12-13,16H,14-15H2,(H,29,30)(H2,28,31,32). The SMILES string of the molecule is NS(=O)(=O)c1ccccc1S(=O)(=O)NC(=O)c1ccc(C#Cc2ccccc2)c(OCCC(F)(F)F)c1. The van der Waals surface area contributed by atoms with Crippen molar-refractivity contribution >= 4 is 26.0 Å². The smallest absolute Gasteiger partial charge is 0.392 e. The van der Waals surface area contributed by atoms with Crippen molar-refractivity contribution in [2.45, 2.75) is 22.4 Å². The van der Waals surface area contributed by atoms with Gasteiger partial charge in [0.15, 0.2) is 0 Å². The van der Waals surface area contributed by atoms with Crippen molar-refractivity contribution in [2.24, 2.45) is 5.14 Å². The Morgan fingerprint density at radius 3 is 2.14 bits per heavy atom. The number of nitrogens with two attached hydrogens (primary N) is 1. The van der Waals surface area contributed by atoms with Gasteiger partial charge in [-0.2, -0.15) is 13.2 Å². The van der Waals surface area contributed by atoms with E-state index < -0.39 is 54.9 Å². The number of hydrogen-bond donors (Lipinski definition) is 2. The lowest BCUT2D eigenvalue weighted by Crippen LogP contribution is -2.32. The molecule has 0 aliphatic heterocycles. The van der Waals surface area contributed by atoms with Crippen LogP contribution in [0.15, 0.2) is 82.6 Å². The second kappa shape index (κ2) is 11.0. The highest BCUT2D eigenvalue weighted by Crippen LogP contribution is 2.25. The number of halogens is 3. The third kappa shape index (κ3) is 7.81. The first-order valence-electron chi connectivity index (χ1n) is 10.4. The molecule has 0 saturated carbocycles.